The van der Waals surface area contributed by atoms with Crippen molar-refractivity contribution in [3.05, 3.63) is 96.0 Å². The van der Waals surface area contributed by atoms with Crippen molar-refractivity contribution in [2.75, 3.05) is 16.8 Å². The summed E-state index contributed by atoms with van der Waals surface area (Å²) in [6, 6.07) is 12.5. The number of nitrogens with zero attached hydrogens (tertiary/aromatic N) is 6. The second-order valence-electron chi connectivity index (χ2n) is 10.8. The van der Waals surface area contributed by atoms with Gasteiger partial charge in [-0.1, -0.05) is 19.2 Å². The van der Waals surface area contributed by atoms with Crippen LogP contribution >= 0.6 is 11.6 Å². The van der Waals surface area contributed by atoms with Gasteiger partial charge in [-0.2, -0.15) is 20.1 Å². The minimum atomic E-state index is -5.47. The van der Waals surface area contributed by atoms with Crippen molar-refractivity contribution in [1.82, 2.24) is 15.0 Å². The quantitative estimate of drug-likeness (QED) is 0.0844. The summed E-state index contributed by atoms with van der Waals surface area (Å²) in [4.78, 5) is 11.5. The largest absolute Gasteiger partial charge is 1.00 e. The first kappa shape index (κ1) is 47.0. The average molecular weight is 880 g/mol. The SMILES string of the molecule is C=CS(=O)(=O)c1ccc(N=Nc2c(S(=O)(=O)[O-])cc3cc(S(=O)(=O)[O-])cc(Nc4nc(Cl)nc(N(CC)c5cccc(S(=O)(=O)C=C)c5)n4)c3c2O)cc1.[Na+].[Na+]. The summed E-state index contributed by atoms with van der Waals surface area (Å²) in [5, 5.41) is 21.9. The van der Waals surface area contributed by atoms with Gasteiger partial charge in [0.05, 0.1) is 31.0 Å². The van der Waals surface area contributed by atoms with Crippen molar-refractivity contribution >= 4 is 96.9 Å². The number of sulfone groups is 2. The van der Waals surface area contributed by atoms with Gasteiger partial charge in [0.1, 0.15) is 25.9 Å². The van der Waals surface area contributed by atoms with Crippen LogP contribution in [-0.2, 0) is 39.9 Å². The number of aromatic nitrogens is 3. The van der Waals surface area contributed by atoms with Gasteiger partial charge < -0.3 is 24.4 Å². The maximum atomic E-state index is 12.4. The van der Waals surface area contributed by atoms with Crippen LogP contribution in [0.1, 0.15) is 6.92 Å². The second kappa shape index (κ2) is 18.1. The van der Waals surface area contributed by atoms with E-state index in [9.17, 15) is 47.9 Å². The Morgan fingerprint density at radius 3 is 2.00 bits per heavy atom. The van der Waals surface area contributed by atoms with Crippen LogP contribution in [0, 0.1) is 0 Å². The number of nitrogens with one attached hydrogen (secondary N) is 1. The molecule has 18 nitrogen and oxygen atoms in total. The van der Waals surface area contributed by atoms with Gasteiger partial charge in [0.25, 0.3) is 0 Å². The number of benzene rings is 4. The van der Waals surface area contributed by atoms with Crippen molar-refractivity contribution in [3.8, 4) is 5.75 Å². The molecule has 0 saturated carbocycles. The summed E-state index contributed by atoms with van der Waals surface area (Å²) < 4.78 is 123. The maximum Gasteiger partial charge on any atom is 1.00 e. The first-order valence-corrected chi connectivity index (χ1v) is 21.1. The number of azo groups is 1. The fourth-order valence-electron chi connectivity index (χ4n) is 4.90. The van der Waals surface area contributed by atoms with E-state index in [0.29, 0.717) is 17.8 Å². The van der Waals surface area contributed by atoms with Crippen molar-refractivity contribution in [3.63, 3.8) is 0 Å². The fraction of sp³-hybridized carbons (Fsp3) is 0.0645. The normalized spacial score (nSPS) is 12.1. The number of hydrogen-bond donors (Lipinski definition) is 2. The van der Waals surface area contributed by atoms with E-state index in [2.05, 4.69) is 43.7 Å². The van der Waals surface area contributed by atoms with Gasteiger partial charge in [-0.15, -0.1) is 5.11 Å². The molecule has 25 heteroatoms. The fourth-order valence-corrected chi connectivity index (χ4v) is 7.69. The molecule has 2 N–H and O–H groups in total. The molecule has 4 aromatic carbocycles. The van der Waals surface area contributed by atoms with Crippen LogP contribution in [0.15, 0.2) is 121 Å². The number of rotatable bonds is 13. The molecule has 1 aromatic heterocycles. The molecule has 0 radical (unpaired) electrons. The summed E-state index contributed by atoms with van der Waals surface area (Å²) in [6.45, 7) is 8.39. The predicted octanol–water partition coefficient (Wildman–Crippen LogP) is -0.649. The van der Waals surface area contributed by atoms with Gasteiger partial charge in [-0.05, 0) is 84.6 Å². The van der Waals surface area contributed by atoms with Crippen LogP contribution in [0.25, 0.3) is 10.8 Å². The molecule has 0 atom stereocenters. The van der Waals surface area contributed by atoms with Crippen LogP contribution in [0.3, 0.4) is 0 Å². The van der Waals surface area contributed by atoms with Crippen molar-refractivity contribution in [1.29, 1.82) is 0 Å². The Labute approximate surface area is 370 Å². The van der Waals surface area contributed by atoms with Gasteiger partial charge >= 0.3 is 59.1 Å². The van der Waals surface area contributed by atoms with Gasteiger partial charge in [0.15, 0.2) is 25.4 Å². The molecule has 0 amide bonds. The predicted molar refractivity (Wildman–Crippen MR) is 194 cm³/mol. The van der Waals surface area contributed by atoms with Crippen LogP contribution in [-0.4, -0.2) is 69.4 Å². The van der Waals surface area contributed by atoms with E-state index in [4.69, 9.17) is 11.6 Å². The number of hydrogen-bond acceptors (Lipinski definition) is 18. The van der Waals surface area contributed by atoms with Crippen LogP contribution < -0.4 is 69.3 Å². The summed E-state index contributed by atoms with van der Waals surface area (Å²) in [6.07, 6.45) is 0. The Morgan fingerprint density at radius 2 is 1.43 bits per heavy atom. The zero-order valence-corrected chi connectivity index (χ0v) is 37.4. The molecule has 5 aromatic rings. The molecular weight excluding hydrogens is 856 g/mol. The minimum absolute atomic E-state index is 0. The number of phenolic OH excluding ortho intramolecular Hbond substituents is 1. The number of fused-ring (bicyclic) bond motifs is 1. The van der Waals surface area contributed by atoms with Gasteiger partial charge in [-0.25, -0.2) is 33.7 Å². The summed E-state index contributed by atoms with van der Waals surface area (Å²) in [5.74, 6) is -1.57. The standard InChI is InChI=1S/C31H26ClN7O11S4.2Na/c1-4-39(20-8-7-9-22(16-20)52(43,44)6-3)31-35-29(32)34-30(36-31)33-24-17-23(53(45,46)47)14-18-15-25(54(48,49)50)27(28(40)26(18)24)38-37-19-10-12-21(13-11-19)51(41,42)5-2;;/h5-17,40H,2-4H2,1H3,(H,45,46,47)(H,48,49,50)(H,33,34,35,36);;/q;2*+1/p-2. The van der Waals surface area contributed by atoms with E-state index in [1.807, 2.05) is 0 Å². The number of phenols is 1. The number of halogens is 1. The van der Waals surface area contributed by atoms with Crippen molar-refractivity contribution in [2.45, 2.75) is 26.5 Å². The second-order valence-corrected chi connectivity index (χ2v) is 17.6. The third-order valence-corrected chi connectivity index (χ3v) is 12.0. The molecule has 56 heavy (non-hydrogen) atoms. The van der Waals surface area contributed by atoms with Crippen molar-refractivity contribution in [2.24, 2.45) is 10.2 Å². The zero-order valence-electron chi connectivity index (χ0n) is 29.4. The van der Waals surface area contributed by atoms with E-state index in [1.54, 1.807) is 13.0 Å². The van der Waals surface area contributed by atoms with E-state index >= 15 is 0 Å². The third kappa shape index (κ3) is 10.4. The molecule has 1 heterocycles. The van der Waals surface area contributed by atoms with Crippen LogP contribution in [0.5, 0.6) is 5.75 Å². The Morgan fingerprint density at radius 1 is 0.804 bits per heavy atom. The van der Waals surface area contributed by atoms with Crippen molar-refractivity contribution < 1.29 is 107 Å². The molecule has 0 spiro atoms. The van der Waals surface area contributed by atoms with E-state index in [1.165, 1.54) is 35.2 Å². The van der Waals surface area contributed by atoms with Gasteiger partial charge in [0, 0.05) is 28.4 Å². The van der Waals surface area contributed by atoms with E-state index < -0.39 is 83.4 Å². The Bertz CT molecular complexity index is 2850. The monoisotopic (exact) mass is 879 g/mol. The average Bonchev–Trinajstić information content (AvgIpc) is 3.10. The molecule has 0 unspecified atom stereocenters. The maximum absolute atomic E-state index is 12.4. The summed E-state index contributed by atoms with van der Waals surface area (Å²) in [7, 11) is -18.4. The molecule has 0 fully saturated rings. The molecule has 0 saturated heterocycles. The van der Waals surface area contributed by atoms with E-state index in [-0.39, 0.29) is 92.5 Å². The Hall–Kier alpha value is -3.36. The molecule has 0 aliphatic heterocycles. The molecule has 282 valence electrons. The smallest absolute Gasteiger partial charge is 0.744 e. The first-order valence-electron chi connectivity index (χ1n) is 14.8. The summed E-state index contributed by atoms with van der Waals surface area (Å²) in [5.41, 5.74) is -1.06. The first-order chi connectivity index (χ1) is 25.2. The molecular formula is C31H24ClN7Na2O11S4. The van der Waals surface area contributed by atoms with Gasteiger partial charge in [-0.3, -0.25) is 0 Å². The minimum Gasteiger partial charge on any atom is -0.744 e. The molecule has 5 rings (SSSR count). The summed E-state index contributed by atoms with van der Waals surface area (Å²) >= 11 is 6.22. The number of anilines is 4. The van der Waals surface area contributed by atoms with Crippen LogP contribution in [0.4, 0.5) is 34.6 Å². The zero-order chi connectivity index (χ0) is 39.8. The Kier molecular flexibility index (Phi) is 15.2. The van der Waals surface area contributed by atoms with E-state index in [0.717, 1.165) is 29.0 Å². The number of aromatic hydroxyl groups is 1. The molecule has 0 aliphatic carbocycles. The van der Waals surface area contributed by atoms with Gasteiger partial charge in [0.2, 0.25) is 17.2 Å². The molecule has 0 aliphatic rings. The third-order valence-electron chi connectivity index (χ3n) is 7.41. The molecule has 0 bridgehead atoms. The van der Waals surface area contributed by atoms with Crippen LogP contribution in [0.2, 0.25) is 5.28 Å². The Balaban J connectivity index is 0.00000420. The topological polar surface area (TPSA) is 282 Å².